The lowest BCUT2D eigenvalue weighted by molar-refractivity contribution is -0.115. The maximum Gasteiger partial charge on any atom is 0.335 e. The Hall–Kier alpha value is -2.14. The van der Waals surface area contributed by atoms with E-state index in [2.05, 4.69) is 12.2 Å². The van der Waals surface area contributed by atoms with E-state index in [1.807, 2.05) is 0 Å². The Morgan fingerprint density at radius 2 is 1.87 bits per heavy atom. The van der Waals surface area contributed by atoms with Crippen molar-refractivity contribution >= 4 is 28.2 Å². The normalized spacial score (nSPS) is 13.4. The quantitative estimate of drug-likeness (QED) is 0.896. The maximum absolute atomic E-state index is 12.2. The lowest BCUT2D eigenvalue weighted by Crippen LogP contribution is -2.14. The standard InChI is InChI=1S/C18H19NO3S/c1-11-14-4-2-3-5-15(14)23-17(11)19-16(20)10-12-6-8-13(9-7-12)18(21)22/h6-9H,2-5,10H2,1H3,(H,19,20)(H,21,22). The van der Waals surface area contributed by atoms with Crippen molar-refractivity contribution in [1.82, 2.24) is 0 Å². The first-order valence-electron chi connectivity index (χ1n) is 7.78. The zero-order valence-corrected chi connectivity index (χ0v) is 13.8. The number of carboxylic acids is 1. The summed E-state index contributed by atoms with van der Waals surface area (Å²) >= 11 is 1.70. The van der Waals surface area contributed by atoms with Gasteiger partial charge in [0.1, 0.15) is 0 Å². The van der Waals surface area contributed by atoms with Crippen molar-refractivity contribution in [1.29, 1.82) is 0 Å². The van der Waals surface area contributed by atoms with Gasteiger partial charge in [-0.15, -0.1) is 11.3 Å². The number of benzene rings is 1. The van der Waals surface area contributed by atoms with Crippen molar-refractivity contribution in [2.45, 2.75) is 39.0 Å². The predicted molar refractivity (Wildman–Crippen MR) is 91.4 cm³/mol. The third kappa shape index (κ3) is 3.45. The number of amides is 1. The largest absolute Gasteiger partial charge is 0.478 e. The molecule has 0 fully saturated rings. The smallest absolute Gasteiger partial charge is 0.335 e. The fourth-order valence-electron chi connectivity index (χ4n) is 2.96. The zero-order valence-electron chi connectivity index (χ0n) is 13.0. The number of carbonyl (C=O) groups is 2. The highest BCUT2D eigenvalue weighted by Crippen LogP contribution is 2.37. The lowest BCUT2D eigenvalue weighted by atomic mass is 9.96. The Morgan fingerprint density at radius 1 is 1.17 bits per heavy atom. The molecule has 1 aromatic heterocycles. The van der Waals surface area contributed by atoms with E-state index in [1.165, 1.54) is 41.0 Å². The fraction of sp³-hybridized carbons (Fsp3) is 0.333. The summed E-state index contributed by atoms with van der Waals surface area (Å²) in [6, 6.07) is 6.44. The van der Waals surface area contributed by atoms with Crippen LogP contribution < -0.4 is 5.32 Å². The minimum atomic E-state index is -0.958. The van der Waals surface area contributed by atoms with E-state index >= 15 is 0 Å². The first kappa shape index (κ1) is 15.7. The molecule has 0 saturated heterocycles. The van der Waals surface area contributed by atoms with Crippen LogP contribution in [-0.4, -0.2) is 17.0 Å². The van der Waals surface area contributed by atoms with Gasteiger partial charge in [-0.1, -0.05) is 12.1 Å². The van der Waals surface area contributed by atoms with Crippen LogP contribution in [0.3, 0.4) is 0 Å². The lowest BCUT2D eigenvalue weighted by Gasteiger charge is -2.10. The van der Waals surface area contributed by atoms with Crippen molar-refractivity contribution in [3.05, 3.63) is 51.4 Å². The van der Waals surface area contributed by atoms with Gasteiger partial charge in [0.15, 0.2) is 0 Å². The summed E-state index contributed by atoms with van der Waals surface area (Å²) < 4.78 is 0. The second-order valence-electron chi connectivity index (χ2n) is 5.89. The number of carbonyl (C=O) groups excluding carboxylic acids is 1. The molecule has 1 heterocycles. The second-order valence-corrected chi connectivity index (χ2v) is 7.00. The van der Waals surface area contributed by atoms with Crippen LogP contribution in [0.25, 0.3) is 0 Å². The van der Waals surface area contributed by atoms with Gasteiger partial charge in [0.05, 0.1) is 17.0 Å². The number of aryl methyl sites for hydroxylation is 1. The summed E-state index contributed by atoms with van der Waals surface area (Å²) in [5.41, 5.74) is 3.67. The van der Waals surface area contributed by atoms with E-state index in [1.54, 1.807) is 23.5 Å². The summed E-state index contributed by atoms with van der Waals surface area (Å²) in [7, 11) is 0. The van der Waals surface area contributed by atoms with Gasteiger partial charge in [-0.05, 0) is 61.4 Å². The minimum absolute atomic E-state index is 0.0604. The zero-order chi connectivity index (χ0) is 16.4. The summed E-state index contributed by atoms with van der Waals surface area (Å²) in [6.45, 7) is 2.08. The van der Waals surface area contributed by atoms with Gasteiger partial charge in [0.2, 0.25) is 5.91 Å². The van der Waals surface area contributed by atoms with Crippen LogP contribution in [0, 0.1) is 6.92 Å². The van der Waals surface area contributed by atoms with E-state index in [-0.39, 0.29) is 17.9 Å². The van der Waals surface area contributed by atoms with Crippen LogP contribution in [0.2, 0.25) is 0 Å². The molecule has 23 heavy (non-hydrogen) atoms. The number of carboxylic acid groups (broad SMARTS) is 1. The van der Waals surface area contributed by atoms with Crippen LogP contribution in [0.4, 0.5) is 5.00 Å². The molecule has 0 spiro atoms. The van der Waals surface area contributed by atoms with E-state index in [0.717, 1.165) is 23.4 Å². The van der Waals surface area contributed by atoms with Gasteiger partial charge in [-0.3, -0.25) is 4.79 Å². The fourth-order valence-corrected chi connectivity index (χ4v) is 4.28. The van der Waals surface area contributed by atoms with Gasteiger partial charge in [0, 0.05) is 4.88 Å². The number of fused-ring (bicyclic) bond motifs is 1. The van der Waals surface area contributed by atoms with Crippen LogP contribution in [0.5, 0.6) is 0 Å². The Bertz CT molecular complexity index is 746. The molecule has 5 heteroatoms. The topological polar surface area (TPSA) is 66.4 Å². The summed E-state index contributed by atoms with van der Waals surface area (Å²) in [5.74, 6) is -1.02. The molecule has 3 rings (SSSR count). The molecule has 0 radical (unpaired) electrons. The molecule has 0 unspecified atom stereocenters. The first-order chi connectivity index (χ1) is 11.0. The number of thiophene rings is 1. The maximum atomic E-state index is 12.2. The molecule has 1 aliphatic rings. The van der Waals surface area contributed by atoms with Gasteiger partial charge in [-0.2, -0.15) is 0 Å². The Balaban J connectivity index is 1.67. The average molecular weight is 329 g/mol. The minimum Gasteiger partial charge on any atom is -0.478 e. The molecular formula is C18H19NO3S. The number of aromatic carboxylic acids is 1. The Kier molecular flexibility index (Phi) is 4.48. The third-order valence-corrected chi connectivity index (χ3v) is 5.56. The van der Waals surface area contributed by atoms with Crippen molar-refractivity contribution in [3.63, 3.8) is 0 Å². The van der Waals surface area contributed by atoms with Gasteiger partial charge in [-0.25, -0.2) is 4.79 Å². The molecule has 120 valence electrons. The average Bonchev–Trinajstić information content (AvgIpc) is 2.84. The summed E-state index contributed by atoms with van der Waals surface area (Å²) in [5, 5.41) is 12.9. The number of rotatable bonds is 4. The summed E-state index contributed by atoms with van der Waals surface area (Å²) in [4.78, 5) is 24.5. The highest BCUT2D eigenvalue weighted by molar-refractivity contribution is 7.16. The van der Waals surface area contributed by atoms with Gasteiger partial charge >= 0.3 is 5.97 Å². The molecule has 1 aliphatic carbocycles. The number of hydrogen-bond acceptors (Lipinski definition) is 3. The van der Waals surface area contributed by atoms with Crippen LogP contribution in [0.1, 0.15) is 44.8 Å². The number of hydrogen-bond donors (Lipinski definition) is 2. The van der Waals surface area contributed by atoms with Crippen LogP contribution >= 0.6 is 11.3 Å². The molecule has 0 aliphatic heterocycles. The Labute approximate surface area is 139 Å². The van der Waals surface area contributed by atoms with E-state index in [4.69, 9.17) is 5.11 Å². The molecule has 0 saturated carbocycles. The van der Waals surface area contributed by atoms with E-state index in [0.29, 0.717) is 0 Å². The number of anilines is 1. The molecular weight excluding hydrogens is 310 g/mol. The highest BCUT2D eigenvalue weighted by atomic mass is 32.1. The van der Waals surface area contributed by atoms with Crippen LogP contribution in [0.15, 0.2) is 24.3 Å². The molecule has 1 aromatic carbocycles. The van der Waals surface area contributed by atoms with Gasteiger partial charge in [0.25, 0.3) is 0 Å². The number of nitrogens with one attached hydrogen (secondary N) is 1. The second kappa shape index (κ2) is 6.54. The highest BCUT2D eigenvalue weighted by Gasteiger charge is 2.19. The SMILES string of the molecule is Cc1c(NC(=O)Cc2ccc(C(=O)O)cc2)sc2c1CCCC2. The third-order valence-electron chi connectivity index (χ3n) is 4.25. The monoisotopic (exact) mass is 329 g/mol. The molecule has 2 aromatic rings. The molecule has 1 amide bonds. The molecule has 4 nitrogen and oxygen atoms in total. The predicted octanol–water partition coefficient (Wildman–Crippen LogP) is 3.81. The molecule has 0 bridgehead atoms. The summed E-state index contributed by atoms with van der Waals surface area (Å²) in [6.07, 6.45) is 4.95. The Morgan fingerprint density at radius 3 is 2.52 bits per heavy atom. The van der Waals surface area contributed by atoms with Crippen molar-refractivity contribution < 1.29 is 14.7 Å². The van der Waals surface area contributed by atoms with Crippen molar-refractivity contribution in [3.8, 4) is 0 Å². The van der Waals surface area contributed by atoms with Crippen molar-refractivity contribution in [2.75, 3.05) is 5.32 Å². The van der Waals surface area contributed by atoms with Gasteiger partial charge < -0.3 is 10.4 Å². The first-order valence-corrected chi connectivity index (χ1v) is 8.59. The molecule has 2 N–H and O–H groups in total. The van der Waals surface area contributed by atoms with Crippen molar-refractivity contribution in [2.24, 2.45) is 0 Å². The van der Waals surface area contributed by atoms with Crippen LogP contribution in [-0.2, 0) is 24.1 Å². The molecule has 0 atom stereocenters. The van der Waals surface area contributed by atoms with E-state index in [9.17, 15) is 9.59 Å². The van der Waals surface area contributed by atoms with E-state index < -0.39 is 5.97 Å².